The smallest absolute Gasteiger partial charge is 0.0998 e. The van der Waals surface area contributed by atoms with Gasteiger partial charge < -0.3 is 13.7 Å². The van der Waals surface area contributed by atoms with E-state index in [4.69, 9.17) is 0 Å². The highest BCUT2D eigenvalue weighted by Gasteiger charge is 2.23. The maximum atomic E-state index is 10.4. The van der Waals surface area contributed by atoms with Gasteiger partial charge in [-0.3, -0.25) is 0 Å². The third kappa shape index (κ3) is 5.53. The van der Waals surface area contributed by atoms with Gasteiger partial charge in [0.2, 0.25) is 0 Å². The average molecular weight is 882 g/mol. The Labute approximate surface area is 394 Å². The first-order valence-corrected chi connectivity index (χ1v) is 23.5. The Morgan fingerprint density at radius 2 is 1.00 bits per heavy atom. The third-order valence-electron chi connectivity index (χ3n) is 13.9. The number of nitriles is 2. The van der Waals surface area contributed by atoms with Crippen LogP contribution in [-0.2, 0) is 0 Å². The zero-order chi connectivity index (χ0) is 45.0. The molecular weight excluding hydrogens is 847 g/mol. The molecule has 0 spiro atoms. The van der Waals surface area contributed by atoms with E-state index in [9.17, 15) is 10.5 Å². The van der Waals surface area contributed by atoms with Gasteiger partial charge in [-0.2, -0.15) is 10.5 Å². The summed E-state index contributed by atoms with van der Waals surface area (Å²) in [6.45, 7) is 0. The van der Waals surface area contributed by atoms with Crippen molar-refractivity contribution in [2.75, 3.05) is 0 Å². The van der Waals surface area contributed by atoms with Gasteiger partial charge in [0.05, 0.1) is 56.4 Å². The molecule has 68 heavy (non-hydrogen) atoms. The normalized spacial score (nSPS) is 11.8. The van der Waals surface area contributed by atoms with Crippen molar-refractivity contribution < 1.29 is 0 Å². The first-order chi connectivity index (χ1) is 33.6. The molecule has 14 rings (SSSR count). The van der Waals surface area contributed by atoms with E-state index in [1.807, 2.05) is 35.6 Å². The lowest BCUT2D eigenvalue weighted by molar-refractivity contribution is 1.13. The Balaban J connectivity index is 1.10. The Morgan fingerprint density at radius 3 is 1.76 bits per heavy atom. The number of thiophene rings is 1. The van der Waals surface area contributed by atoms with E-state index < -0.39 is 0 Å². The molecule has 314 valence electrons. The van der Waals surface area contributed by atoms with Gasteiger partial charge >= 0.3 is 0 Å². The topological polar surface area (TPSA) is 62.4 Å². The average Bonchev–Trinajstić information content (AvgIpc) is 4.14. The Hall–Kier alpha value is -9.20. The van der Waals surface area contributed by atoms with E-state index in [0.717, 1.165) is 61.4 Å². The predicted molar refractivity (Wildman–Crippen MR) is 283 cm³/mol. The number of nitrogens with zero attached hydrogens (tertiary/aromatic N) is 5. The van der Waals surface area contributed by atoms with Gasteiger partial charge in [0.15, 0.2) is 0 Å². The number of rotatable bonds is 5. The van der Waals surface area contributed by atoms with Crippen LogP contribution in [0.4, 0.5) is 0 Å². The minimum Gasteiger partial charge on any atom is -0.309 e. The summed E-state index contributed by atoms with van der Waals surface area (Å²) in [5.74, 6) is 0. The van der Waals surface area contributed by atoms with E-state index in [2.05, 4.69) is 208 Å². The van der Waals surface area contributed by atoms with Gasteiger partial charge in [-0.05, 0) is 114 Å². The fourth-order valence-electron chi connectivity index (χ4n) is 10.9. The summed E-state index contributed by atoms with van der Waals surface area (Å²) >= 11 is 1.84. The van der Waals surface area contributed by atoms with Gasteiger partial charge in [0.25, 0.3) is 0 Å². The van der Waals surface area contributed by atoms with Gasteiger partial charge in [0.1, 0.15) is 0 Å². The number of aromatic nitrogens is 3. The van der Waals surface area contributed by atoms with Crippen molar-refractivity contribution in [3.63, 3.8) is 0 Å². The van der Waals surface area contributed by atoms with Crippen molar-refractivity contribution in [3.05, 3.63) is 223 Å². The number of fused-ring (bicyclic) bond motifs is 13. The molecule has 0 saturated heterocycles. The summed E-state index contributed by atoms with van der Waals surface area (Å²) in [7, 11) is 0. The quantitative estimate of drug-likeness (QED) is 0.173. The molecule has 4 aromatic heterocycles. The van der Waals surface area contributed by atoms with Gasteiger partial charge in [-0.25, -0.2) is 0 Å². The highest BCUT2D eigenvalue weighted by atomic mass is 32.1. The largest absolute Gasteiger partial charge is 0.309 e. The second-order valence-electron chi connectivity index (χ2n) is 17.5. The van der Waals surface area contributed by atoms with Crippen LogP contribution in [-0.4, -0.2) is 13.7 Å². The number of hydrogen-bond acceptors (Lipinski definition) is 3. The van der Waals surface area contributed by atoms with E-state index in [0.29, 0.717) is 11.1 Å². The summed E-state index contributed by atoms with van der Waals surface area (Å²) in [6.07, 6.45) is 0. The van der Waals surface area contributed by atoms with Crippen molar-refractivity contribution in [2.45, 2.75) is 0 Å². The highest BCUT2D eigenvalue weighted by Crippen LogP contribution is 2.45. The molecule has 0 amide bonds. The van der Waals surface area contributed by atoms with E-state index >= 15 is 0 Å². The van der Waals surface area contributed by atoms with Gasteiger partial charge in [-0.1, -0.05) is 115 Å². The SMILES string of the molecule is N#Cc1cccc(-c2cc(-c3cc(-n4c5ccccc5c5cc6c(cc54)sc4ccccc46)cc(-n4c5ccccc5c5c4ccc4c6ccccc6n(-c6ccccc6)c45)c3)ccc2C#N)c1. The molecule has 0 saturated carbocycles. The van der Waals surface area contributed by atoms with Crippen molar-refractivity contribution in [3.8, 4) is 51.5 Å². The molecule has 10 aromatic carbocycles. The molecule has 0 aliphatic rings. The first kappa shape index (κ1) is 38.1. The van der Waals surface area contributed by atoms with Gasteiger partial charge in [0, 0.05) is 75.1 Å². The molecule has 0 N–H and O–H groups in total. The van der Waals surface area contributed by atoms with Crippen LogP contribution in [0.5, 0.6) is 0 Å². The Kier molecular flexibility index (Phi) is 8.21. The van der Waals surface area contributed by atoms with Crippen LogP contribution in [0.1, 0.15) is 11.1 Å². The van der Waals surface area contributed by atoms with Gasteiger partial charge in [-0.15, -0.1) is 11.3 Å². The highest BCUT2D eigenvalue weighted by molar-refractivity contribution is 7.25. The lowest BCUT2D eigenvalue weighted by atomic mass is 9.94. The summed E-state index contributed by atoms with van der Waals surface area (Å²) in [5.41, 5.74) is 14.6. The maximum absolute atomic E-state index is 10.4. The predicted octanol–water partition coefficient (Wildman–Crippen LogP) is 16.4. The summed E-state index contributed by atoms with van der Waals surface area (Å²) < 4.78 is 9.82. The molecule has 0 radical (unpaired) electrons. The lowest BCUT2D eigenvalue weighted by Gasteiger charge is -2.17. The molecule has 0 bridgehead atoms. The molecule has 4 heterocycles. The van der Waals surface area contributed by atoms with Crippen LogP contribution in [0, 0.1) is 22.7 Å². The second kappa shape index (κ2) is 14.7. The van der Waals surface area contributed by atoms with Crippen LogP contribution >= 0.6 is 11.3 Å². The van der Waals surface area contributed by atoms with Crippen molar-refractivity contribution in [1.82, 2.24) is 13.7 Å². The van der Waals surface area contributed by atoms with Crippen LogP contribution in [0.15, 0.2) is 212 Å². The third-order valence-corrected chi connectivity index (χ3v) is 15.0. The van der Waals surface area contributed by atoms with Crippen molar-refractivity contribution in [1.29, 1.82) is 10.5 Å². The fraction of sp³-hybridized carbons (Fsp3) is 0. The summed E-state index contributed by atoms with van der Waals surface area (Å²) in [4.78, 5) is 0. The minimum atomic E-state index is 0.548. The van der Waals surface area contributed by atoms with Crippen molar-refractivity contribution in [2.24, 2.45) is 0 Å². The lowest BCUT2D eigenvalue weighted by Crippen LogP contribution is -2.00. The second-order valence-corrected chi connectivity index (χ2v) is 18.6. The minimum absolute atomic E-state index is 0.548. The first-order valence-electron chi connectivity index (χ1n) is 22.7. The van der Waals surface area contributed by atoms with Crippen LogP contribution < -0.4 is 0 Å². The molecule has 0 aliphatic heterocycles. The molecule has 0 aliphatic carbocycles. The number of benzene rings is 10. The molecule has 14 aromatic rings. The molecule has 6 heteroatoms. The van der Waals surface area contributed by atoms with Crippen molar-refractivity contribution >= 4 is 96.9 Å². The standard InChI is InChI=1S/C62H35N5S/c63-36-38-13-12-14-40(29-38)51-32-39(25-26-41(51)37-64)42-30-44(33-45(31-42)66-54-21-8-5-18-47(54)52-34-53-48-19-7-11-24-59(48)68-60(53)35-58(52)66)65-56-23-10-6-20-50(56)61-57(65)28-27-49-46-17-4-9-22-55(46)67(62(49)61)43-15-2-1-3-16-43/h1-35H. The van der Waals surface area contributed by atoms with Crippen LogP contribution in [0.2, 0.25) is 0 Å². The Bertz CT molecular complexity index is 4530. The van der Waals surface area contributed by atoms with E-state index in [1.165, 1.54) is 63.5 Å². The van der Waals surface area contributed by atoms with E-state index in [-0.39, 0.29) is 0 Å². The zero-order valence-electron chi connectivity index (χ0n) is 36.4. The Morgan fingerprint density at radius 1 is 0.338 bits per heavy atom. The number of para-hydroxylation sites is 4. The molecule has 0 fully saturated rings. The zero-order valence-corrected chi connectivity index (χ0v) is 37.2. The monoisotopic (exact) mass is 881 g/mol. The fourth-order valence-corrected chi connectivity index (χ4v) is 12.1. The molecule has 0 atom stereocenters. The summed E-state index contributed by atoms with van der Waals surface area (Å²) in [6, 6.07) is 80.2. The molecule has 5 nitrogen and oxygen atoms in total. The van der Waals surface area contributed by atoms with Crippen LogP contribution in [0.25, 0.3) is 125 Å². The number of hydrogen-bond donors (Lipinski definition) is 0. The summed E-state index contributed by atoms with van der Waals surface area (Å²) in [5, 5.41) is 30.0. The maximum Gasteiger partial charge on any atom is 0.0998 e. The molecule has 0 unspecified atom stereocenters. The molecular formula is C62H35N5S. The van der Waals surface area contributed by atoms with Crippen LogP contribution in [0.3, 0.4) is 0 Å². The van der Waals surface area contributed by atoms with E-state index in [1.54, 1.807) is 6.07 Å².